The first-order valence-electron chi connectivity index (χ1n) is 8.07. The monoisotopic (exact) mass is 295 g/mol. The summed E-state index contributed by atoms with van der Waals surface area (Å²) in [6, 6.07) is 3.87. The number of benzene rings is 1. The first-order valence-corrected chi connectivity index (χ1v) is 8.07. The molecule has 1 nitrogen and oxygen atoms in total. The highest BCUT2D eigenvalue weighted by Gasteiger charge is 2.28. The van der Waals surface area contributed by atoms with Gasteiger partial charge in [0.15, 0.2) is 0 Å². The summed E-state index contributed by atoms with van der Waals surface area (Å²) >= 11 is 0. The Labute approximate surface area is 127 Å². The van der Waals surface area contributed by atoms with Crippen LogP contribution in [0.25, 0.3) is 0 Å². The van der Waals surface area contributed by atoms with Gasteiger partial charge >= 0.3 is 0 Å². The van der Waals surface area contributed by atoms with E-state index < -0.39 is 0 Å². The SMILES string of the molecule is CC(C)(C)NCC1CCCCCC1c1cc(F)ccc1F. The topological polar surface area (TPSA) is 12.0 Å². The molecule has 118 valence electrons. The zero-order valence-electron chi connectivity index (χ0n) is 13.4. The van der Waals surface area contributed by atoms with Crippen molar-refractivity contribution in [2.45, 2.75) is 64.3 Å². The zero-order valence-corrected chi connectivity index (χ0v) is 13.4. The summed E-state index contributed by atoms with van der Waals surface area (Å²) in [4.78, 5) is 0. The van der Waals surface area contributed by atoms with Crippen LogP contribution in [-0.2, 0) is 0 Å². The number of hydrogen-bond donors (Lipinski definition) is 1. The van der Waals surface area contributed by atoms with Crippen LogP contribution in [0.1, 0.15) is 64.4 Å². The van der Waals surface area contributed by atoms with Gasteiger partial charge in [0.2, 0.25) is 0 Å². The molecule has 0 amide bonds. The average Bonchev–Trinajstić information content (AvgIpc) is 2.63. The third-order valence-corrected chi connectivity index (χ3v) is 4.41. The second-order valence-electron chi connectivity index (χ2n) is 7.30. The highest BCUT2D eigenvalue weighted by Crippen LogP contribution is 2.37. The lowest BCUT2D eigenvalue weighted by Crippen LogP contribution is -2.40. The number of hydrogen-bond acceptors (Lipinski definition) is 1. The normalized spacial score (nSPS) is 23.9. The molecule has 1 aliphatic carbocycles. The lowest BCUT2D eigenvalue weighted by Gasteiger charge is -2.30. The Morgan fingerprint density at radius 1 is 1.10 bits per heavy atom. The predicted molar refractivity (Wildman–Crippen MR) is 83.4 cm³/mol. The smallest absolute Gasteiger partial charge is 0.126 e. The van der Waals surface area contributed by atoms with Crippen LogP contribution < -0.4 is 5.32 Å². The van der Waals surface area contributed by atoms with Crippen molar-refractivity contribution in [2.24, 2.45) is 5.92 Å². The molecule has 0 aliphatic heterocycles. The van der Waals surface area contributed by atoms with Gasteiger partial charge in [-0.1, -0.05) is 19.3 Å². The number of halogens is 2. The Morgan fingerprint density at radius 2 is 1.81 bits per heavy atom. The van der Waals surface area contributed by atoms with Gasteiger partial charge in [0.1, 0.15) is 11.6 Å². The lowest BCUT2D eigenvalue weighted by molar-refractivity contribution is 0.317. The maximum atomic E-state index is 14.1. The molecule has 3 heteroatoms. The first-order chi connectivity index (χ1) is 9.87. The van der Waals surface area contributed by atoms with E-state index in [4.69, 9.17) is 0 Å². The summed E-state index contributed by atoms with van der Waals surface area (Å²) in [5.74, 6) is -0.0942. The van der Waals surface area contributed by atoms with E-state index >= 15 is 0 Å². The van der Waals surface area contributed by atoms with Crippen molar-refractivity contribution >= 4 is 0 Å². The fourth-order valence-corrected chi connectivity index (χ4v) is 3.27. The van der Waals surface area contributed by atoms with Gasteiger partial charge in [0.25, 0.3) is 0 Å². The second kappa shape index (κ2) is 6.87. The molecule has 0 radical (unpaired) electrons. The van der Waals surface area contributed by atoms with E-state index in [0.29, 0.717) is 11.5 Å². The molecule has 2 rings (SSSR count). The van der Waals surface area contributed by atoms with Crippen molar-refractivity contribution in [1.82, 2.24) is 5.32 Å². The quantitative estimate of drug-likeness (QED) is 0.772. The van der Waals surface area contributed by atoms with Crippen LogP contribution in [-0.4, -0.2) is 12.1 Å². The fourth-order valence-electron chi connectivity index (χ4n) is 3.27. The minimum atomic E-state index is -0.335. The highest BCUT2D eigenvalue weighted by atomic mass is 19.1. The Balaban J connectivity index is 2.20. The fraction of sp³-hybridized carbons (Fsp3) is 0.667. The van der Waals surface area contributed by atoms with Gasteiger partial charge in [-0.05, 0) is 75.8 Å². The molecule has 2 unspecified atom stereocenters. The third kappa shape index (κ3) is 4.77. The maximum Gasteiger partial charge on any atom is 0.126 e. The van der Waals surface area contributed by atoms with Crippen molar-refractivity contribution in [2.75, 3.05) is 6.54 Å². The molecule has 0 spiro atoms. The molecule has 1 N–H and O–H groups in total. The maximum absolute atomic E-state index is 14.1. The molecule has 1 aromatic carbocycles. The molecule has 1 aliphatic rings. The molecular weight excluding hydrogens is 268 g/mol. The van der Waals surface area contributed by atoms with Crippen molar-refractivity contribution in [3.63, 3.8) is 0 Å². The minimum absolute atomic E-state index is 0.0529. The second-order valence-corrected chi connectivity index (χ2v) is 7.30. The van der Waals surface area contributed by atoms with Crippen LogP contribution >= 0.6 is 0 Å². The zero-order chi connectivity index (χ0) is 15.5. The lowest BCUT2D eigenvalue weighted by atomic mass is 9.81. The van der Waals surface area contributed by atoms with Gasteiger partial charge in [0, 0.05) is 5.54 Å². The van der Waals surface area contributed by atoms with Gasteiger partial charge in [-0.25, -0.2) is 8.78 Å². The molecule has 2 atom stereocenters. The van der Waals surface area contributed by atoms with E-state index in [1.807, 2.05) is 0 Å². The van der Waals surface area contributed by atoms with E-state index in [9.17, 15) is 8.78 Å². The Morgan fingerprint density at radius 3 is 2.52 bits per heavy atom. The van der Waals surface area contributed by atoms with E-state index in [1.165, 1.54) is 31.0 Å². The van der Waals surface area contributed by atoms with Crippen LogP contribution in [0.4, 0.5) is 8.78 Å². The van der Waals surface area contributed by atoms with E-state index in [2.05, 4.69) is 26.1 Å². The van der Waals surface area contributed by atoms with Gasteiger partial charge in [0.05, 0.1) is 0 Å². The molecule has 1 saturated carbocycles. The van der Waals surface area contributed by atoms with Gasteiger partial charge in [-0.15, -0.1) is 0 Å². The summed E-state index contributed by atoms with van der Waals surface area (Å²) in [6.07, 6.45) is 5.52. The summed E-state index contributed by atoms with van der Waals surface area (Å²) in [5.41, 5.74) is 0.620. The summed E-state index contributed by atoms with van der Waals surface area (Å²) in [7, 11) is 0. The Kier molecular flexibility index (Phi) is 5.37. The van der Waals surface area contributed by atoms with Crippen LogP contribution in [0.2, 0.25) is 0 Å². The van der Waals surface area contributed by atoms with Crippen LogP contribution in [0, 0.1) is 17.6 Å². The first kappa shape index (κ1) is 16.4. The molecule has 1 aromatic rings. The molecular formula is C18H27F2N. The summed E-state index contributed by atoms with van der Waals surface area (Å²) < 4.78 is 27.7. The van der Waals surface area contributed by atoms with Gasteiger partial charge in [-0.3, -0.25) is 0 Å². The van der Waals surface area contributed by atoms with Crippen LogP contribution in [0.15, 0.2) is 18.2 Å². The predicted octanol–water partition coefficient (Wildman–Crippen LogP) is 5.02. The molecule has 0 saturated heterocycles. The van der Waals surface area contributed by atoms with Gasteiger partial charge < -0.3 is 5.32 Å². The standard InChI is InChI=1S/C18H27F2N/c1-18(2,3)21-12-13-7-5-4-6-8-15(13)16-11-14(19)9-10-17(16)20/h9-11,13,15,21H,4-8,12H2,1-3H3. The average molecular weight is 295 g/mol. The molecule has 0 heterocycles. The third-order valence-electron chi connectivity index (χ3n) is 4.41. The van der Waals surface area contributed by atoms with E-state index in [0.717, 1.165) is 25.8 Å². The van der Waals surface area contributed by atoms with Crippen LogP contribution in [0.5, 0.6) is 0 Å². The van der Waals surface area contributed by atoms with E-state index in [1.54, 1.807) is 0 Å². The van der Waals surface area contributed by atoms with Gasteiger partial charge in [-0.2, -0.15) is 0 Å². The number of rotatable bonds is 3. The largest absolute Gasteiger partial charge is 0.312 e. The summed E-state index contributed by atoms with van der Waals surface area (Å²) in [6.45, 7) is 7.29. The van der Waals surface area contributed by atoms with Crippen molar-refractivity contribution in [1.29, 1.82) is 0 Å². The summed E-state index contributed by atoms with van der Waals surface area (Å²) in [5, 5.41) is 3.54. The molecule has 0 aromatic heterocycles. The van der Waals surface area contributed by atoms with Crippen molar-refractivity contribution < 1.29 is 8.78 Å². The molecule has 1 fully saturated rings. The molecule has 0 bridgehead atoms. The highest BCUT2D eigenvalue weighted by molar-refractivity contribution is 5.24. The molecule has 21 heavy (non-hydrogen) atoms. The Hall–Kier alpha value is -0.960. The Bertz CT molecular complexity index is 465. The number of nitrogens with one attached hydrogen (secondary N) is 1. The van der Waals surface area contributed by atoms with Crippen LogP contribution in [0.3, 0.4) is 0 Å². The minimum Gasteiger partial charge on any atom is -0.312 e. The van der Waals surface area contributed by atoms with E-state index in [-0.39, 0.29) is 23.1 Å². The van der Waals surface area contributed by atoms with Crippen molar-refractivity contribution in [3.8, 4) is 0 Å². The van der Waals surface area contributed by atoms with Crippen molar-refractivity contribution in [3.05, 3.63) is 35.4 Å².